The molecule has 0 aromatic carbocycles. The molecule has 0 heterocycles. The maximum absolute atomic E-state index is 10.8. The van der Waals surface area contributed by atoms with Crippen molar-refractivity contribution in [2.24, 2.45) is 11.5 Å². The van der Waals surface area contributed by atoms with E-state index in [0.717, 1.165) is 0 Å². The number of carbonyl (C=O) groups is 2. The Morgan fingerprint density at radius 3 is 2.58 bits per heavy atom. The number of ether oxygens (including phenoxy) is 1. The van der Waals surface area contributed by atoms with Crippen LogP contribution in [-0.2, 0) is 14.3 Å². The Morgan fingerprint density at radius 1 is 1.58 bits per heavy atom. The second-order valence-electron chi connectivity index (χ2n) is 2.12. The summed E-state index contributed by atoms with van der Waals surface area (Å²) >= 11 is 0. The van der Waals surface area contributed by atoms with Gasteiger partial charge in [-0.15, -0.1) is 0 Å². The molecule has 6 nitrogen and oxygen atoms in total. The van der Waals surface area contributed by atoms with Gasteiger partial charge in [-0.2, -0.15) is 0 Å². The molecule has 0 fully saturated rings. The van der Waals surface area contributed by atoms with E-state index >= 15 is 0 Å². The Morgan fingerprint density at radius 2 is 2.17 bits per heavy atom. The summed E-state index contributed by atoms with van der Waals surface area (Å²) in [6.07, 6.45) is 0. The molecule has 0 radical (unpaired) electrons. The highest BCUT2D eigenvalue weighted by atomic mass is 16.5. The van der Waals surface area contributed by atoms with Crippen molar-refractivity contribution in [3.63, 3.8) is 0 Å². The molecule has 0 saturated carbocycles. The van der Waals surface area contributed by atoms with E-state index in [-0.39, 0.29) is 19.1 Å². The summed E-state index contributed by atoms with van der Waals surface area (Å²) in [4.78, 5) is 21.4. The monoisotopic (exact) mass is 175 g/mol. The summed E-state index contributed by atoms with van der Waals surface area (Å²) in [5.74, 6) is -1.05. The van der Waals surface area contributed by atoms with Crippen LogP contribution in [-0.4, -0.2) is 38.1 Å². The van der Waals surface area contributed by atoms with Gasteiger partial charge in [0.15, 0.2) is 6.61 Å². The maximum atomic E-state index is 10.8. The topological polar surface area (TPSA) is 107 Å². The number of carbonyl (C=O) groups excluding carboxylic acids is 2. The van der Waals surface area contributed by atoms with Gasteiger partial charge in [0.05, 0.1) is 0 Å². The smallest absolute Gasteiger partial charge is 0.324 e. The highest BCUT2D eigenvalue weighted by Crippen LogP contribution is 1.82. The average molecular weight is 175 g/mol. The maximum Gasteiger partial charge on any atom is 0.324 e. The molecule has 70 valence electrons. The summed E-state index contributed by atoms with van der Waals surface area (Å²) in [5.41, 5.74) is 10.3. The molecule has 0 saturated heterocycles. The molecule has 0 spiro atoms. The van der Waals surface area contributed by atoms with Gasteiger partial charge < -0.3 is 21.5 Å². The molecule has 6 heteroatoms. The molecule has 0 bridgehead atoms. The molecule has 0 rings (SSSR count). The van der Waals surface area contributed by atoms with E-state index < -0.39 is 12.0 Å². The number of rotatable bonds is 4. The first-order chi connectivity index (χ1) is 5.61. The van der Waals surface area contributed by atoms with Crippen LogP contribution in [0.4, 0.5) is 0 Å². The van der Waals surface area contributed by atoms with Crippen LogP contribution in [0, 0.1) is 0 Å². The van der Waals surface area contributed by atoms with Crippen molar-refractivity contribution in [2.45, 2.75) is 6.04 Å². The van der Waals surface area contributed by atoms with Gasteiger partial charge in [-0.25, -0.2) is 0 Å². The Balaban J connectivity index is 3.64. The summed E-state index contributed by atoms with van der Waals surface area (Å²) in [6.45, 7) is -0.310. The predicted octanol–water partition coefficient (Wildman–Crippen LogP) is -2.44. The summed E-state index contributed by atoms with van der Waals surface area (Å²) in [5, 5.41) is 2.29. The minimum absolute atomic E-state index is 0.00653. The number of hydrogen-bond acceptors (Lipinski definition) is 5. The van der Waals surface area contributed by atoms with Gasteiger partial charge >= 0.3 is 5.97 Å². The van der Waals surface area contributed by atoms with Crippen LogP contribution < -0.4 is 16.8 Å². The van der Waals surface area contributed by atoms with Crippen LogP contribution >= 0.6 is 0 Å². The zero-order chi connectivity index (χ0) is 9.56. The van der Waals surface area contributed by atoms with Crippen LogP contribution in [0.3, 0.4) is 0 Å². The number of nitrogens with two attached hydrogens (primary N) is 2. The van der Waals surface area contributed by atoms with Crippen molar-refractivity contribution in [1.82, 2.24) is 5.32 Å². The first-order valence-corrected chi connectivity index (χ1v) is 3.44. The van der Waals surface area contributed by atoms with Gasteiger partial charge in [0.25, 0.3) is 5.91 Å². The lowest BCUT2D eigenvalue weighted by molar-refractivity contribution is -0.149. The first-order valence-electron chi connectivity index (χ1n) is 3.44. The largest absolute Gasteiger partial charge is 0.454 e. The van der Waals surface area contributed by atoms with E-state index in [0.29, 0.717) is 0 Å². The van der Waals surface area contributed by atoms with E-state index in [4.69, 9.17) is 11.5 Å². The molecule has 5 N–H and O–H groups in total. The fourth-order valence-electron chi connectivity index (χ4n) is 0.412. The van der Waals surface area contributed by atoms with E-state index in [1.165, 1.54) is 7.05 Å². The van der Waals surface area contributed by atoms with Crippen molar-refractivity contribution in [3.8, 4) is 0 Å². The lowest BCUT2D eigenvalue weighted by Gasteiger charge is -2.07. The van der Waals surface area contributed by atoms with Gasteiger partial charge in [0, 0.05) is 13.6 Å². The molecule has 1 unspecified atom stereocenters. The van der Waals surface area contributed by atoms with Gasteiger partial charge in [-0.1, -0.05) is 0 Å². The number of hydrogen-bond donors (Lipinski definition) is 3. The molecule has 12 heavy (non-hydrogen) atoms. The Labute approximate surface area is 70.2 Å². The fraction of sp³-hybridized carbons (Fsp3) is 0.667. The third kappa shape index (κ3) is 3.89. The molecular formula is C6H13N3O3. The number of esters is 1. The van der Waals surface area contributed by atoms with Gasteiger partial charge in [-0.05, 0) is 0 Å². The number of amides is 1. The molecule has 0 aromatic rings. The van der Waals surface area contributed by atoms with Crippen molar-refractivity contribution in [2.75, 3.05) is 20.2 Å². The summed E-state index contributed by atoms with van der Waals surface area (Å²) < 4.78 is 4.49. The molecule has 1 atom stereocenters. The molecule has 0 aliphatic heterocycles. The third-order valence-electron chi connectivity index (χ3n) is 1.18. The minimum Gasteiger partial charge on any atom is -0.454 e. The Hall–Kier alpha value is -1.14. The quantitative estimate of drug-likeness (QED) is 0.411. The van der Waals surface area contributed by atoms with Crippen LogP contribution in [0.25, 0.3) is 0 Å². The third-order valence-corrected chi connectivity index (χ3v) is 1.18. The fourth-order valence-corrected chi connectivity index (χ4v) is 0.412. The number of nitrogens with one attached hydrogen (secondary N) is 1. The van der Waals surface area contributed by atoms with E-state index in [2.05, 4.69) is 10.1 Å². The first kappa shape index (κ1) is 10.9. The Bertz CT molecular complexity index is 171. The van der Waals surface area contributed by atoms with E-state index in [1.807, 2.05) is 0 Å². The van der Waals surface area contributed by atoms with Crippen molar-refractivity contribution in [3.05, 3.63) is 0 Å². The lowest BCUT2D eigenvalue weighted by Crippen LogP contribution is -2.40. The zero-order valence-electron chi connectivity index (χ0n) is 6.87. The van der Waals surface area contributed by atoms with Crippen LogP contribution in [0.5, 0.6) is 0 Å². The molecular weight excluding hydrogens is 162 g/mol. The molecule has 1 amide bonds. The van der Waals surface area contributed by atoms with Crippen molar-refractivity contribution < 1.29 is 14.3 Å². The second-order valence-corrected chi connectivity index (χ2v) is 2.12. The molecule has 0 aliphatic carbocycles. The van der Waals surface area contributed by atoms with E-state index in [9.17, 15) is 9.59 Å². The second kappa shape index (κ2) is 5.50. The van der Waals surface area contributed by atoms with Crippen LogP contribution in [0.15, 0.2) is 0 Å². The lowest BCUT2D eigenvalue weighted by atomic mass is 10.3. The van der Waals surface area contributed by atoms with Crippen molar-refractivity contribution in [1.29, 1.82) is 0 Å². The van der Waals surface area contributed by atoms with Gasteiger partial charge in [-0.3, -0.25) is 9.59 Å². The highest BCUT2D eigenvalue weighted by molar-refractivity contribution is 5.82. The normalized spacial score (nSPS) is 11.9. The summed E-state index contributed by atoms with van der Waals surface area (Å²) in [7, 11) is 1.44. The van der Waals surface area contributed by atoms with Gasteiger partial charge in [0.1, 0.15) is 6.04 Å². The molecule has 0 aromatic heterocycles. The Kier molecular flexibility index (Phi) is 4.98. The number of likely N-dealkylation sites (N-methyl/N-ethyl adjacent to an activating group) is 1. The summed E-state index contributed by atoms with van der Waals surface area (Å²) in [6, 6.07) is -0.852. The SMILES string of the molecule is CNC(=O)COC(=O)C(N)CN. The van der Waals surface area contributed by atoms with Gasteiger partial charge in [0.2, 0.25) is 0 Å². The minimum atomic E-state index is -0.852. The van der Waals surface area contributed by atoms with Crippen LogP contribution in [0.2, 0.25) is 0 Å². The zero-order valence-corrected chi connectivity index (χ0v) is 6.87. The van der Waals surface area contributed by atoms with Crippen molar-refractivity contribution >= 4 is 11.9 Å². The predicted molar refractivity (Wildman–Crippen MR) is 42.1 cm³/mol. The molecule has 0 aliphatic rings. The average Bonchev–Trinajstić information content (AvgIpc) is 2.11. The highest BCUT2D eigenvalue weighted by Gasteiger charge is 2.13. The standard InChI is InChI=1S/C6H13N3O3/c1-9-5(10)3-12-6(11)4(8)2-7/h4H,2-3,7-8H2,1H3,(H,9,10). The van der Waals surface area contributed by atoms with Crippen LogP contribution in [0.1, 0.15) is 0 Å². The van der Waals surface area contributed by atoms with E-state index in [1.54, 1.807) is 0 Å².